The summed E-state index contributed by atoms with van der Waals surface area (Å²) >= 11 is -1.96. The molecule has 1 atom stereocenters. The van der Waals surface area contributed by atoms with E-state index in [9.17, 15) is 8.76 Å². The van der Waals surface area contributed by atoms with Crippen LogP contribution in [0.5, 0.6) is 0 Å². The highest BCUT2D eigenvalue weighted by Gasteiger charge is 1.85. The third kappa shape index (κ3) is 4.60. The summed E-state index contributed by atoms with van der Waals surface area (Å²) in [5, 5.41) is 0. The third-order valence-electron chi connectivity index (χ3n) is 1.60. The van der Waals surface area contributed by atoms with Crippen molar-refractivity contribution in [2.24, 2.45) is 0 Å². The van der Waals surface area contributed by atoms with E-state index >= 15 is 0 Å². The van der Waals surface area contributed by atoms with Crippen LogP contribution < -0.4 is 0 Å². The summed E-state index contributed by atoms with van der Waals surface area (Å²) in [6.45, 7) is 0. The smallest absolute Gasteiger partial charge is 0.0282 e. The van der Waals surface area contributed by atoms with Gasteiger partial charge in [-0.2, -0.15) is 0 Å². The summed E-state index contributed by atoms with van der Waals surface area (Å²) < 4.78 is 20.3. The van der Waals surface area contributed by atoms with Crippen LogP contribution in [0.1, 0.15) is 5.56 Å². The molecule has 2 nitrogen and oxygen atoms in total. The average Bonchev–Trinajstić information content (AvgIpc) is 2.14. The Balaban J connectivity index is 2.35. The van der Waals surface area contributed by atoms with Crippen LogP contribution in [0.4, 0.5) is 0 Å². The van der Waals surface area contributed by atoms with Gasteiger partial charge in [-0.15, -0.1) is 0 Å². The lowest BCUT2D eigenvalue weighted by Gasteiger charge is -1.98. The van der Waals surface area contributed by atoms with Crippen molar-refractivity contribution >= 4 is 11.1 Å². The Morgan fingerprint density at radius 2 is 1.92 bits per heavy atom. The maximum Gasteiger partial charge on any atom is 0.0282 e. The Hall–Kier alpha value is -0.930. The van der Waals surface area contributed by atoms with Gasteiger partial charge >= 0.3 is 0 Å². The fraction of sp³-hybridized carbons (Fsp3) is 0.200. The van der Waals surface area contributed by atoms with E-state index in [1.807, 2.05) is 36.4 Å². The van der Waals surface area contributed by atoms with E-state index in [-0.39, 0.29) is 5.75 Å². The van der Waals surface area contributed by atoms with E-state index < -0.39 is 11.1 Å². The molecule has 0 fully saturated rings. The topological polar surface area (TPSA) is 40.1 Å². The Morgan fingerprint density at radius 3 is 2.54 bits per heavy atom. The highest BCUT2D eigenvalue weighted by Crippen LogP contribution is 1.99. The van der Waals surface area contributed by atoms with Gasteiger partial charge in [-0.1, -0.05) is 53.6 Å². The van der Waals surface area contributed by atoms with E-state index in [1.54, 1.807) is 6.08 Å². The summed E-state index contributed by atoms with van der Waals surface area (Å²) in [6, 6.07) is 9.92. The van der Waals surface area contributed by atoms with Crippen molar-refractivity contribution in [3.05, 3.63) is 48.0 Å². The lowest BCUT2D eigenvalue weighted by Crippen LogP contribution is -1.90. The van der Waals surface area contributed by atoms with Crippen LogP contribution in [0.3, 0.4) is 0 Å². The molecule has 0 heterocycles. The van der Waals surface area contributed by atoms with Gasteiger partial charge < -0.3 is 4.55 Å². The minimum Gasteiger partial charge on any atom is -0.772 e. The van der Waals surface area contributed by atoms with Crippen LogP contribution in [0.25, 0.3) is 0 Å². The molecule has 1 rings (SSSR count). The number of allylic oxidation sites excluding steroid dienone is 1. The predicted molar refractivity (Wildman–Crippen MR) is 53.1 cm³/mol. The van der Waals surface area contributed by atoms with Gasteiger partial charge in [0.1, 0.15) is 0 Å². The molecule has 1 aromatic rings. The zero-order chi connectivity index (χ0) is 9.52. The van der Waals surface area contributed by atoms with Crippen molar-refractivity contribution in [1.82, 2.24) is 0 Å². The zero-order valence-corrected chi connectivity index (χ0v) is 8.00. The van der Waals surface area contributed by atoms with Crippen LogP contribution in [0.15, 0.2) is 42.5 Å². The van der Waals surface area contributed by atoms with E-state index in [2.05, 4.69) is 0 Å². The van der Waals surface area contributed by atoms with E-state index in [0.29, 0.717) is 0 Å². The Bertz CT molecular complexity index is 293. The average molecular weight is 195 g/mol. The second-order valence-corrected chi connectivity index (χ2v) is 3.57. The van der Waals surface area contributed by atoms with Crippen LogP contribution in [0.2, 0.25) is 0 Å². The highest BCUT2D eigenvalue weighted by molar-refractivity contribution is 7.79. The maximum atomic E-state index is 10.2. The SMILES string of the molecule is O=S([O-])CC=CCc1ccccc1. The van der Waals surface area contributed by atoms with Crippen LogP contribution in [-0.2, 0) is 17.5 Å². The fourth-order valence-electron chi connectivity index (χ4n) is 0.980. The van der Waals surface area contributed by atoms with Gasteiger partial charge in [-0.05, 0) is 12.0 Å². The molecule has 0 radical (unpaired) electrons. The predicted octanol–water partition coefficient (Wildman–Crippen LogP) is 1.66. The van der Waals surface area contributed by atoms with Crippen molar-refractivity contribution in [1.29, 1.82) is 0 Å². The molecule has 0 aliphatic rings. The second kappa shape index (κ2) is 5.67. The molecule has 0 amide bonds. The van der Waals surface area contributed by atoms with Crippen molar-refractivity contribution in [3.8, 4) is 0 Å². The molecule has 0 N–H and O–H groups in total. The molecule has 0 aliphatic heterocycles. The summed E-state index contributed by atoms with van der Waals surface area (Å²) in [7, 11) is 0. The van der Waals surface area contributed by atoms with Gasteiger partial charge in [0.05, 0.1) is 0 Å². The Kier molecular flexibility index (Phi) is 4.43. The van der Waals surface area contributed by atoms with E-state index in [4.69, 9.17) is 0 Å². The first-order valence-electron chi connectivity index (χ1n) is 4.04. The number of hydrogen-bond acceptors (Lipinski definition) is 2. The Morgan fingerprint density at radius 1 is 1.23 bits per heavy atom. The zero-order valence-electron chi connectivity index (χ0n) is 7.18. The molecule has 0 aliphatic carbocycles. The molecule has 3 heteroatoms. The standard InChI is InChI=1S/C10H12O2S/c11-13(12)9-5-4-8-10-6-2-1-3-7-10/h1-7H,8-9H2,(H,11,12)/p-1. The van der Waals surface area contributed by atoms with Gasteiger partial charge in [-0.25, -0.2) is 0 Å². The van der Waals surface area contributed by atoms with Crippen molar-refractivity contribution in [2.45, 2.75) is 6.42 Å². The first-order valence-corrected chi connectivity index (χ1v) is 5.28. The number of benzene rings is 1. The van der Waals surface area contributed by atoms with Crippen molar-refractivity contribution in [2.75, 3.05) is 5.75 Å². The summed E-state index contributed by atoms with van der Waals surface area (Å²) in [5.74, 6) is 0.104. The van der Waals surface area contributed by atoms with Gasteiger partial charge in [0.25, 0.3) is 0 Å². The molecule has 1 aromatic carbocycles. The van der Waals surface area contributed by atoms with Crippen molar-refractivity contribution in [3.63, 3.8) is 0 Å². The number of rotatable bonds is 4. The second-order valence-electron chi connectivity index (χ2n) is 2.63. The molecule has 1 unspecified atom stereocenters. The van der Waals surface area contributed by atoms with Gasteiger partial charge in [0.2, 0.25) is 0 Å². The molecule has 13 heavy (non-hydrogen) atoms. The molecule has 0 spiro atoms. The minimum atomic E-state index is -1.96. The monoisotopic (exact) mass is 195 g/mol. The first-order chi connectivity index (χ1) is 6.29. The first kappa shape index (κ1) is 10.2. The highest BCUT2D eigenvalue weighted by atomic mass is 32.2. The largest absolute Gasteiger partial charge is 0.772 e. The van der Waals surface area contributed by atoms with Gasteiger partial charge in [0, 0.05) is 5.75 Å². The molecular weight excluding hydrogens is 184 g/mol. The molecule has 0 bridgehead atoms. The normalized spacial score (nSPS) is 13.3. The molecule has 0 saturated heterocycles. The van der Waals surface area contributed by atoms with Crippen LogP contribution in [-0.4, -0.2) is 14.5 Å². The lowest BCUT2D eigenvalue weighted by atomic mass is 10.1. The molecular formula is C10H11O2S-. The maximum absolute atomic E-state index is 10.2. The number of hydrogen-bond donors (Lipinski definition) is 0. The van der Waals surface area contributed by atoms with E-state index in [1.165, 1.54) is 5.56 Å². The lowest BCUT2D eigenvalue weighted by molar-refractivity contribution is 0.540. The van der Waals surface area contributed by atoms with Crippen LogP contribution >= 0.6 is 0 Å². The molecule has 70 valence electrons. The van der Waals surface area contributed by atoms with E-state index in [0.717, 1.165) is 6.42 Å². The molecule has 0 saturated carbocycles. The summed E-state index contributed by atoms with van der Waals surface area (Å²) in [5.41, 5.74) is 1.19. The Labute approximate surface area is 80.6 Å². The summed E-state index contributed by atoms with van der Waals surface area (Å²) in [6.07, 6.45) is 4.32. The molecule has 0 aromatic heterocycles. The summed E-state index contributed by atoms with van der Waals surface area (Å²) in [4.78, 5) is 0. The fourth-order valence-corrected chi connectivity index (χ4v) is 1.27. The van der Waals surface area contributed by atoms with Crippen molar-refractivity contribution < 1.29 is 8.76 Å². The minimum absolute atomic E-state index is 0.104. The van der Waals surface area contributed by atoms with Gasteiger partial charge in [-0.3, -0.25) is 4.21 Å². The van der Waals surface area contributed by atoms with Gasteiger partial charge in [0.15, 0.2) is 0 Å². The van der Waals surface area contributed by atoms with Crippen LogP contribution in [0, 0.1) is 0 Å². The third-order valence-corrected chi connectivity index (χ3v) is 2.06. The quantitative estimate of drug-likeness (QED) is 0.541.